The second-order valence-corrected chi connectivity index (χ2v) is 10.7. The molecule has 0 aliphatic carbocycles. The first-order valence-electron chi connectivity index (χ1n) is 13.9. The van der Waals surface area contributed by atoms with Gasteiger partial charge in [-0.25, -0.2) is 24.2 Å². The smallest absolute Gasteiger partial charge is 0.363 e. The molecule has 6 N–H and O–H groups in total. The molecule has 1 aliphatic heterocycles. The molecule has 0 bridgehead atoms. The number of amides is 2. The van der Waals surface area contributed by atoms with E-state index < -0.39 is 40.4 Å². The van der Waals surface area contributed by atoms with E-state index in [1.165, 1.54) is 18.2 Å². The Bertz CT molecular complexity index is 2140. The Kier molecular flexibility index (Phi) is 7.20. The van der Waals surface area contributed by atoms with E-state index in [0.29, 0.717) is 25.1 Å². The molecule has 0 saturated carbocycles. The number of anilines is 2. The Labute approximate surface area is 253 Å². The first-order valence-corrected chi connectivity index (χ1v) is 13.9. The van der Waals surface area contributed by atoms with Gasteiger partial charge in [0.15, 0.2) is 0 Å². The predicted molar refractivity (Wildman–Crippen MR) is 161 cm³/mol. The van der Waals surface area contributed by atoms with E-state index in [9.17, 15) is 28.8 Å². The number of nitrogens with zero attached hydrogens (tertiary/aromatic N) is 4. The van der Waals surface area contributed by atoms with Gasteiger partial charge in [-0.05, 0) is 47.7 Å². The van der Waals surface area contributed by atoms with Gasteiger partial charge in [-0.15, -0.1) is 0 Å². The van der Waals surface area contributed by atoms with Crippen LogP contribution in [-0.2, 0) is 19.5 Å². The lowest BCUT2D eigenvalue weighted by Crippen LogP contribution is -2.44. The summed E-state index contributed by atoms with van der Waals surface area (Å²) in [6, 6.07) is 12.4. The summed E-state index contributed by atoms with van der Waals surface area (Å²) in [6.07, 6.45) is 0.653. The van der Waals surface area contributed by atoms with Gasteiger partial charge in [0, 0.05) is 25.7 Å². The summed E-state index contributed by atoms with van der Waals surface area (Å²) >= 11 is 0. The van der Waals surface area contributed by atoms with Crippen molar-refractivity contribution in [3.63, 3.8) is 0 Å². The Morgan fingerprint density at radius 1 is 1.00 bits per heavy atom. The van der Waals surface area contributed by atoms with E-state index in [4.69, 9.17) is 10.8 Å². The highest BCUT2D eigenvalue weighted by Crippen LogP contribution is 2.26. The Balaban J connectivity index is 1.18. The van der Waals surface area contributed by atoms with Gasteiger partial charge in [0.05, 0.1) is 11.6 Å². The van der Waals surface area contributed by atoms with E-state index in [0.717, 1.165) is 21.2 Å². The van der Waals surface area contributed by atoms with E-state index in [1.54, 1.807) is 24.0 Å². The molecule has 15 nitrogen and oxygen atoms in total. The third kappa shape index (κ3) is 5.42. The van der Waals surface area contributed by atoms with E-state index >= 15 is 0 Å². The number of aromatic carboxylic acids is 1. The summed E-state index contributed by atoms with van der Waals surface area (Å²) in [4.78, 5) is 82.9. The molecule has 3 aromatic carbocycles. The van der Waals surface area contributed by atoms with Gasteiger partial charge in [0.1, 0.15) is 22.8 Å². The lowest BCUT2D eigenvalue weighted by atomic mass is 9.96. The number of carbonyl (C=O) groups excluding carboxylic acids is 2. The molecule has 0 fully saturated rings. The summed E-state index contributed by atoms with van der Waals surface area (Å²) in [6.45, 7) is 2.73. The number of nitrogens with two attached hydrogens (primary N) is 1. The number of carboxylic acids is 1. The second kappa shape index (κ2) is 11.2. The van der Waals surface area contributed by atoms with E-state index in [1.807, 2.05) is 18.2 Å². The van der Waals surface area contributed by atoms with Crippen LogP contribution in [0.15, 0.2) is 62.9 Å². The molecule has 45 heavy (non-hydrogen) atoms. The number of H-pyrrole nitrogens is 1. The van der Waals surface area contributed by atoms with Crippen molar-refractivity contribution < 1.29 is 19.5 Å². The lowest BCUT2D eigenvalue weighted by Gasteiger charge is -2.32. The number of nitrogens with one attached hydrogen (secondary N) is 3. The number of hydrogen-bond donors (Lipinski definition) is 5. The number of carboxylic acid groups (broad SMARTS) is 1. The van der Waals surface area contributed by atoms with Crippen molar-refractivity contribution >= 4 is 34.9 Å². The minimum Gasteiger partial charge on any atom is -0.478 e. The molecule has 0 saturated heterocycles. The Morgan fingerprint density at radius 3 is 2.47 bits per heavy atom. The van der Waals surface area contributed by atoms with Crippen molar-refractivity contribution in [1.82, 2.24) is 30.2 Å². The Hall–Kier alpha value is -6.12. The summed E-state index contributed by atoms with van der Waals surface area (Å²) in [5.41, 5.74) is 7.22. The molecule has 0 radical (unpaired) electrons. The molecule has 15 heteroatoms. The van der Waals surface area contributed by atoms with Crippen LogP contribution in [0.5, 0.6) is 0 Å². The molecule has 0 spiro atoms. The molecule has 5 aromatic rings. The fourth-order valence-corrected chi connectivity index (χ4v) is 5.34. The standard InChI is InChI=1S/C30H26N8O7/c1-14(16-4-6-18(7-5-16)28(43)44)33-26(41)20-11-21(38-29(34-20)35-30(45)36-38)27(42)32-12-15-2-3-17-8-9-37(13-19(17)10-15)23-22(31)24(39)25(23)40/h2-7,10-11,14H,8-9,12-13,31H2,1H3,(H,32,42)(H,33,41)(H,36,45)(H,43,44)/t14-/m0/s1. The molecule has 2 amide bonds. The first-order chi connectivity index (χ1) is 21.5. The highest BCUT2D eigenvalue weighted by molar-refractivity contribution is 5.98. The van der Waals surface area contributed by atoms with Crippen LogP contribution in [0, 0.1) is 0 Å². The minimum absolute atomic E-state index is 0.0232. The number of rotatable bonds is 8. The summed E-state index contributed by atoms with van der Waals surface area (Å²) in [5.74, 6) is -2.50. The highest BCUT2D eigenvalue weighted by atomic mass is 16.4. The molecular formula is C30H26N8O7. The first kappa shape index (κ1) is 29.0. The van der Waals surface area contributed by atoms with Crippen LogP contribution in [-0.4, -0.2) is 49.0 Å². The quantitative estimate of drug-likeness (QED) is 0.150. The van der Waals surface area contributed by atoms with Crippen molar-refractivity contribution in [1.29, 1.82) is 0 Å². The summed E-state index contributed by atoms with van der Waals surface area (Å²) in [5, 5.41) is 17.1. The number of aromatic amines is 1. The van der Waals surface area contributed by atoms with E-state index in [2.05, 4.69) is 25.7 Å². The maximum atomic E-state index is 13.3. The molecule has 1 atom stereocenters. The zero-order chi connectivity index (χ0) is 32.0. The molecule has 2 aromatic heterocycles. The molecule has 0 unspecified atom stereocenters. The topological polar surface area (TPSA) is 222 Å². The van der Waals surface area contributed by atoms with Gasteiger partial charge in [-0.3, -0.25) is 19.2 Å². The average molecular weight is 611 g/mol. The van der Waals surface area contributed by atoms with Crippen LogP contribution >= 0.6 is 0 Å². The average Bonchev–Trinajstić information content (AvgIpc) is 3.42. The number of fused-ring (bicyclic) bond motifs is 2. The van der Waals surface area contributed by atoms with Gasteiger partial charge in [-0.2, -0.15) is 4.98 Å². The van der Waals surface area contributed by atoms with Gasteiger partial charge in [0.2, 0.25) is 0 Å². The molecule has 6 rings (SSSR count). The second-order valence-electron chi connectivity index (χ2n) is 10.7. The van der Waals surface area contributed by atoms with Crippen LogP contribution in [0.1, 0.15) is 66.6 Å². The number of carbonyl (C=O) groups is 3. The van der Waals surface area contributed by atoms with Crippen LogP contribution in [0.25, 0.3) is 5.78 Å². The van der Waals surface area contributed by atoms with Crippen LogP contribution in [0.3, 0.4) is 0 Å². The number of aromatic nitrogens is 4. The third-order valence-corrected chi connectivity index (χ3v) is 7.79. The van der Waals surface area contributed by atoms with Crippen LogP contribution in [0.2, 0.25) is 0 Å². The maximum Gasteiger partial charge on any atom is 0.363 e. The summed E-state index contributed by atoms with van der Waals surface area (Å²) in [7, 11) is 0. The monoisotopic (exact) mass is 610 g/mol. The molecular weight excluding hydrogens is 584 g/mol. The molecule has 1 aliphatic rings. The molecule has 3 heterocycles. The van der Waals surface area contributed by atoms with Crippen molar-refractivity contribution in [3.8, 4) is 0 Å². The van der Waals surface area contributed by atoms with E-state index in [-0.39, 0.29) is 40.6 Å². The minimum atomic E-state index is -1.07. The van der Waals surface area contributed by atoms with Gasteiger partial charge < -0.3 is 26.4 Å². The zero-order valence-corrected chi connectivity index (χ0v) is 23.8. The van der Waals surface area contributed by atoms with Gasteiger partial charge >= 0.3 is 11.7 Å². The highest BCUT2D eigenvalue weighted by Gasteiger charge is 2.27. The van der Waals surface area contributed by atoms with Crippen LogP contribution in [0.4, 0.5) is 11.4 Å². The normalized spacial score (nSPS) is 13.4. The number of hydrogen-bond acceptors (Lipinski definition) is 10. The predicted octanol–water partition coefficient (Wildman–Crippen LogP) is 0.278. The third-order valence-electron chi connectivity index (χ3n) is 7.79. The van der Waals surface area contributed by atoms with Crippen molar-refractivity contribution in [2.75, 3.05) is 17.2 Å². The van der Waals surface area contributed by atoms with Crippen molar-refractivity contribution in [2.24, 2.45) is 0 Å². The van der Waals surface area contributed by atoms with Gasteiger partial charge in [-0.1, -0.05) is 30.3 Å². The lowest BCUT2D eigenvalue weighted by molar-refractivity contribution is 0.0696. The van der Waals surface area contributed by atoms with Gasteiger partial charge in [0.25, 0.3) is 28.4 Å². The fourth-order valence-electron chi connectivity index (χ4n) is 5.34. The summed E-state index contributed by atoms with van der Waals surface area (Å²) < 4.78 is 1.09. The van der Waals surface area contributed by atoms with Crippen molar-refractivity contribution in [3.05, 3.63) is 119 Å². The van der Waals surface area contributed by atoms with Crippen LogP contribution < -0.4 is 37.8 Å². The maximum absolute atomic E-state index is 13.3. The SMILES string of the molecule is C[C@H](NC(=O)c1cc(C(=O)NCc2ccc3c(c2)CN(c2c(N)c(=O)c2=O)CC3)n2[nH]c(=O)nc2n1)c1ccc(C(=O)O)cc1. The Morgan fingerprint density at radius 2 is 1.76 bits per heavy atom. The zero-order valence-electron chi connectivity index (χ0n) is 23.8. The molecule has 228 valence electrons. The largest absolute Gasteiger partial charge is 0.478 e. The number of nitrogen functional groups attached to an aromatic ring is 1. The fraction of sp³-hybridized carbons (Fsp3) is 0.200. The van der Waals surface area contributed by atoms with Crippen molar-refractivity contribution in [2.45, 2.75) is 32.5 Å². The number of benzene rings is 2.